The van der Waals surface area contributed by atoms with Crippen LogP contribution in [0.25, 0.3) is 0 Å². The van der Waals surface area contributed by atoms with Crippen molar-refractivity contribution in [3.63, 3.8) is 0 Å². The summed E-state index contributed by atoms with van der Waals surface area (Å²) in [6.07, 6.45) is -5.39. The average Bonchev–Trinajstić information content (AvgIpc) is 2.26. The molecule has 0 saturated carbocycles. The van der Waals surface area contributed by atoms with Crippen molar-refractivity contribution in [2.45, 2.75) is 25.6 Å². The molecule has 3 N–H and O–H groups in total. The molecule has 1 atom stereocenters. The van der Waals surface area contributed by atoms with Crippen LogP contribution in [0.4, 0.5) is 18.9 Å². The van der Waals surface area contributed by atoms with Crippen molar-refractivity contribution < 1.29 is 22.7 Å². The molecule has 0 spiro atoms. The predicted molar refractivity (Wildman–Crippen MR) is 65.0 cm³/mol. The first kappa shape index (κ1) is 15.1. The molecule has 0 fully saturated rings. The molecule has 0 bridgehead atoms. The number of halogens is 3. The van der Waals surface area contributed by atoms with Crippen molar-refractivity contribution in [3.8, 4) is 5.75 Å². The van der Waals surface area contributed by atoms with Crippen LogP contribution in [0.2, 0.25) is 0 Å². The number of nitrogens with one attached hydrogen (secondary N) is 1. The minimum absolute atomic E-state index is 0.195. The van der Waals surface area contributed by atoms with Gasteiger partial charge in [-0.1, -0.05) is 0 Å². The van der Waals surface area contributed by atoms with Crippen molar-refractivity contribution in [1.82, 2.24) is 5.32 Å². The minimum Gasteiger partial charge on any atom is -0.495 e. The van der Waals surface area contributed by atoms with E-state index in [1.807, 2.05) is 0 Å². The Kier molecular flexibility index (Phi) is 4.63. The third kappa shape index (κ3) is 4.69. The number of nitrogen functional groups attached to an aromatic ring is 1. The van der Waals surface area contributed by atoms with Crippen molar-refractivity contribution in [2.24, 2.45) is 0 Å². The van der Waals surface area contributed by atoms with Crippen LogP contribution in [-0.4, -0.2) is 25.2 Å². The van der Waals surface area contributed by atoms with Crippen molar-refractivity contribution >= 4 is 11.6 Å². The number of hydrogen-bond acceptors (Lipinski definition) is 3. The van der Waals surface area contributed by atoms with Crippen LogP contribution < -0.4 is 15.8 Å². The summed E-state index contributed by atoms with van der Waals surface area (Å²) in [4.78, 5) is 11.7. The number of methoxy groups -OCH3 is 1. The summed E-state index contributed by atoms with van der Waals surface area (Å²) in [5.74, 6) is -0.300. The fourth-order valence-electron chi connectivity index (χ4n) is 1.56. The number of carbonyl (C=O) groups excluding carboxylic acids is 1. The maximum atomic E-state index is 12.1. The highest BCUT2D eigenvalue weighted by molar-refractivity contribution is 5.95. The number of ether oxygens (including phenoxy) is 1. The van der Waals surface area contributed by atoms with E-state index in [1.54, 1.807) is 0 Å². The molecular weight excluding hydrogens is 261 g/mol. The molecule has 0 aromatic heterocycles. The van der Waals surface area contributed by atoms with E-state index in [9.17, 15) is 18.0 Å². The molecule has 0 saturated heterocycles. The van der Waals surface area contributed by atoms with E-state index in [4.69, 9.17) is 10.5 Å². The van der Waals surface area contributed by atoms with E-state index in [-0.39, 0.29) is 5.56 Å². The summed E-state index contributed by atoms with van der Waals surface area (Å²) in [5, 5.41) is 2.27. The third-order valence-corrected chi connectivity index (χ3v) is 2.41. The lowest BCUT2D eigenvalue weighted by atomic mass is 10.1. The van der Waals surface area contributed by atoms with Crippen LogP contribution in [0, 0.1) is 0 Å². The number of benzene rings is 1. The van der Waals surface area contributed by atoms with Gasteiger partial charge in [-0.05, 0) is 25.1 Å². The summed E-state index contributed by atoms with van der Waals surface area (Å²) in [6.45, 7) is 1.29. The summed E-state index contributed by atoms with van der Waals surface area (Å²) in [5.41, 5.74) is 6.12. The monoisotopic (exact) mass is 276 g/mol. The number of nitrogens with two attached hydrogens (primary N) is 1. The summed E-state index contributed by atoms with van der Waals surface area (Å²) in [6, 6.07) is 3.26. The van der Waals surface area contributed by atoms with Gasteiger partial charge in [-0.15, -0.1) is 0 Å². The normalized spacial score (nSPS) is 12.9. The van der Waals surface area contributed by atoms with Gasteiger partial charge in [0.1, 0.15) is 5.75 Å². The maximum Gasteiger partial charge on any atom is 0.391 e. The second-order valence-electron chi connectivity index (χ2n) is 4.15. The molecule has 0 aliphatic rings. The van der Waals surface area contributed by atoms with Crippen molar-refractivity contribution in [3.05, 3.63) is 23.8 Å². The van der Waals surface area contributed by atoms with Gasteiger partial charge in [0.25, 0.3) is 5.91 Å². The Morgan fingerprint density at radius 3 is 2.63 bits per heavy atom. The van der Waals surface area contributed by atoms with E-state index in [0.717, 1.165) is 0 Å². The number of amides is 1. The lowest BCUT2D eigenvalue weighted by molar-refractivity contribution is -0.138. The molecule has 4 nitrogen and oxygen atoms in total. The fourth-order valence-corrected chi connectivity index (χ4v) is 1.56. The van der Waals surface area contributed by atoms with Gasteiger partial charge in [0.15, 0.2) is 0 Å². The Labute approximate surface area is 108 Å². The third-order valence-electron chi connectivity index (χ3n) is 2.41. The molecule has 19 heavy (non-hydrogen) atoms. The lowest BCUT2D eigenvalue weighted by Crippen LogP contribution is -2.35. The SMILES string of the molecule is COc1cc(C(=O)NC(C)CC(F)(F)F)ccc1N. The highest BCUT2D eigenvalue weighted by Crippen LogP contribution is 2.23. The van der Waals surface area contributed by atoms with Gasteiger partial charge in [0.2, 0.25) is 0 Å². The predicted octanol–water partition coefficient (Wildman–Crippen LogP) is 2.35. The van der Waals surface area contributed by atoms with Crippen LogP contribution >= 0.6 is 0 Å². The van der Waals surface area contributed by atoms with Crippen LogP contribution in [0.5, 0.6) is 5.75 Å². The highest BCUT2D eigenvalue weighted by Gasteiger charge is 2.30. The molecule has 0 aliphatic carbocycles. The van der Waals surface area contributed by atoms with Crippen molar-refractivity contribution in [2.75, 3.05) is 12.8 Å². The summed E-state index contributed by atoms with van der Waals surface area (Å²) < 4.78 is 41.4. The molecule has 1 aromatic rings. The number of anilines is 1. The first-order chi connectivity index (χ1) is 8.73. The second-order valence-corrected chi connectivity index (χ2v) is 4.15. The smallest absolute Gasteiger partial charge is 0.391 e. The number of rotatable bonds is 4. The second kappa shape index (κ2) is 5.81. The first-order valence-corrected chi connectivity index (χ1v) is 5.54. The van der Waals surface area contributed by atoms with Crippen LogP contribution in [0.1, 0.15) is 23.7 Å². The standard InChI is InChI=1S/C12H15F3N2O2/c1-7(6-12(13,14)15)17-11(18)8-3-4-9(16)10(5-8)19-2/h3-5,7H,6,16H2,1-2H3,(H,17,18). The molecule has 0 heterocycles. The molecule has 1 aromatic carbocycles. The minimum atomic E-state index is -4.31. The van der Waals surface area contributed by atoms with E-state index >= 15 is 0 Å². The molecule has 106 valence electrons. The van der Waals surface area contributed by atoms with E-state index in [0.29, 0.717) is 11.4 Å². The molecule has 0 radical (unpaired) electrons. The van der Waals surface area contributed by atoms with Gasteiger partial charge < -0.3 is 15.8 Å². The zero-order valence-corrected chi connectivity index (χ0v) is 10.5. The molecule has 1 amide bonds. The number of carbonyl (C=O) groups is 1. The van der Waals surface area contributed by atoms with Gasteiger partial charge in [0, 0.05) is 11.6 Å². The number of hydrogen-bond donors (Lipinski definition) is 2. The summed E-state index contributed by atoms with van der Waals surface area (Å²) >= 11 is 0. The Morgan fingerprint density at radius 1 is 1.47 bits per heavy atom. The van der Waals surface area contributed by atoms with Gasteiger partial charge in [-0.3, -0.25) is 4.79 Å². The molecular formula is C12H15F3N2O2. The van der Waals surface area contributed by atoms with Crippen LogP contribution in [0.15, 0.2) is 18.2 Å². The van der Waals surface area contributed by atoms with E-state index in [1.165, 1.54) is 32.2 Å². The van der Waals surface area contributed by atoms with Crippen molar-refractivity contribution in [1.29, 1.82) is 0 Å². The van der Waals surface area contributed by atoms with Crippen LogP contribution in [-0.2, 0) is 0 Å². The van der Waals surface area contributed by atoms with Gasteiger partial charge in [-0.2, -0.15) is 13.2 Å². The van der Waals surface area contributed by atoms with Gasteiger partial charge in [0.05, 0.1) is 19.2 Å². The maximum absolute atomic E-state index is 12.1. The van der Waals surface area contributed by atoms with E-state index in [2.05, 4.69) is 5.32 Å². The molecule has 7 heteroatoms. The zero-order chi connectivity index (χ0) is 14.6. The largest absolute Gasteiger partial charge is 0.495 e. The Balaban J connectivity index is 2.73. The van der Waals surface area contributed by atoms with Crippen LogP contribution in [0.3, 0.4) is 0 Å². The number of alkyl halides is 3. The molecule has 0 aliphatic heterocycles. The first-order valence-electron chi connectivity index (χ1n) is 5.54. The molecule has 1 rings (SSSR count). The van der Waals surface area contributed by atoms with E-state index < -0.39 is 24.5 Å². The molecule has 1 unspecified atom stereocenters. The van der Waals surface area contributed by atoms with Gasteiger partial charge >= 0.3 is 6.18 Å². The topological polar surface area (TPSA) is 64.3 Å². The highest BCUT2D eigenvalue weighted by atomic mass is 19.4. The Hall–Kier alpha value is -1.92. The Morgan fingerprint density at radius 2 is 2.11 bits per heavy atom. The zero-order valence-electron chi connectivity index (χ0n) is 10.5. The summed E-state index contributed by atoms with van der Waals surface area (Å²) in [7, 11) is 1.39. The quantitative estimate of drug-likeness (QED) is 0.830. The van der Waals surface area contributed by atoms with Gasteiger partial charge in [-0.25, -0.2) is 0 Å². The lowest BCUT2D eigenvalue weighted by Gasteiger charge is -2.16. The fraction of sp³-hybridized carbons (Fsp3) is 0.417. The Bertz CT molecular complexity index is 461. The average molecular weight is 276 g/mol.